The molecule has 0 bridgehead atoms. The monoisotopic (exact) mass is 326 g/mol. The summed E-state index contributed by atoms with van der Waals surface area (Å²) in [4.78, 5) is 15.9. The largest absolute Gasteiger partial charge is 0.444 e. The summed E-state index contributed by atoms with van der Waals surface area (Å²) in [6.45, 7) is 0. The van der Waals surface area contributed by atoms with Gasteiger partial charge in [-0.2, -0.15) is 0 Å². The third-order valence-corrected chi connectivity index (χ3v) is 3.65. The van der Waals surface area contributed by atoms with E-state index in [1.54, 1.807) is 6.20 Å². The Morgan fingerprint density at radius 2 is 2.00 bits per heavy atom. The fourth-order valence-electron chi connectivity index (χ4n) is 2.25. The van der Waals surface area contributed by atoms with Gasteiger partial charge in [0.15, 0.2) is 12.2 Å². The molecule has 1 aromatic heterocycles. The fourth-order valence-corrected chi connectivity index (χ4v) is 2.46. The molecule has 0 aliphatic rings. The number of anilines is 1. The van der Waals surface area contributed by atoms with Crippen LogP contribution in [0.2, 0.25) is 5.02 Å². The number of halogens is 1. The highest BCUT2D eigenvalue weighted by atomic mass is 35.5. The molecule has 0 fully saturated rings. The number of nitrogens with one attached hydrogen (secondary N) is 1. The van der Waals surface area contributed by atoms with Gasteiger partial charge >= 0.3 is 0 Å². The second kappa shape index (κ2) is 7.11. The van der Waals surface area contributed by atoms with Gasteiger partial charge in [-0.05, 0) is 48.4 Å². The maximum Gasteiger partial charge on any atom is 0.224 e. The molecule has 2 aromatic carbocycles. The van der Waals surface area contributed by atoms with E-state index in [0.29, 0.717) is 23.6 Å². The molecule has 0 saturated heterocycles. The average Bonchev–Trinajstić information content (AvgIpc) is 3.08. The van der Waals surface area contributed by atoms with Gasteiger partial charge in [0, 0.05) is 22.7 Å². The van der Waals surface area contributed by atoms with Crippen LogP contribution in [0.25, 0.3) is 11.3 Å². The molecule has 0 atom stereocenters. The second-order valence-corrected chi connectivity index (χ2v) is 5.56. The predicted molar refractivity (Wildman–Crippen MR) is 90.3 cm³/mol. The van der Waals surface area contributed by atoms with E-state index in [1.807, 2.05) is 48.5 Å². The van der Waals surface area contributed by atoms with E-state index in [1.165, 1.54) is 6.39 Å². The molecule has 0 aliphatic carbocycles. The van der Waals surface area contributed by atoms with E-state index in [-0.39, 0.29) is 5.91 Å². The summed E-state index contributed by atoms with van der Waals surface area (Å²) < 4.78 is 5.23. The van der Waals surface area contributed by atoms with Crippen LogP contribution < -0.4 is 5.32 Å². The molecule has 4 nitrogen and oxygen atoms in total. The number of carbonyl (C=O) groups excluding carboxylic acids is 1. The van der Waals surface area contributed by atoms with E-state index in [4.69, 9.17) is 16.0 Å². The molecule has 5 heteroatoms. The Morgan fingerprint density at radius 1 is 1.17 bits per heavy atom. The van der Waals surface area contributed by atoms with Crippen LogP contribution in [0.1, 0.15) is 12.0 Å². The van der Waals surface area contributed by atoms with Crippen LogP contribution in [0.15, 0.2) is 65.5 Å². The second-order valence-electron chi connectivity index (χ2n) is 5.12. The smallest absolute Gasteiger partial charge is 0.224 e. The summed E-state index contributed by atoms with van der Waals surface area (Å²) in [5, 5.41) is 3.57. The van der Waals surface area contributed by atoms with Crippen LogP contribution >= 0.6 is 11.6 Å². The minimum atomic E-state index is -0.0302. The Labute approximate surface area is 139 Å². The number of aromatic nitrogens is 1. The summed E-state index contributed by atoms with van der Waals surface area (Å²) >= 11 is 5.93. The molecular weight excluding hydrogens is 312 g/mol. The third kappa shape index (κ3) is 4.20. The predicted octanol–water partition coefficient (Wildman–Crippen LogP) is 4.57. The highest BCUT2D eigenvalue weighted by Gasteiger charge is 2.05. The molecule has 0 radical (unpaired) electrons. The van der Waals surface area contributed by atoms with Crippen LogP contribution in [0.4, 0.5) is 5.69 Å². The lowest BCUT2D eigenvalue weighted by Crippen LogP contribution is -2.12. The van der Waals surface area contributed by atoms with Gasteiger partial charge in [0.1, 0.15) is 0 Å². The molecule has 116 valence electrons. The lowest BCUT2D eigenvalue weighted by atomic mass is 10.1. The first-order valence-corrected chi connectivity index (χ1v) is 7.62. The molecule has 23 heavy (non-hydrogen) atoms. The topological polar surface area (TPSA) is 55.1 Å². The standard InChI is InChI=1S/C18H15ClN2O2/c19-15-3-1-2-13(10-15)4-9-18(22)21-16-7-5-14(6-8-16)17-11-20-12-23-17/h1-3,5-8,10-12H,4,9H2,(H,21,22). The lowest BCUT2D eigenvalue weighted by molar-refractivity contribution is -0.116. The van der Waals surface area contributed by atoms with Gasteiger partial charge < -0.3 is 9.73 Å². The van der Waals surface area contributed by atoms with Crippen molar-refractivity contribution in [1.29, 1.82) is 0 Å². The first-order valence-electron chi connectivity index (χ1n) is 7.24. The van der Waals surface area contributed by atoms with Crippen molar-refractivity contribution in [3.05, 3.63) is 71.7 Å². The normalized spacial score (nSPS) is 10.5. The first-order chi connectivity index (χ1) is 11.2. The van der Waals surface area contributed by atoms with Gasteiger partial charge in [0.05, 0.1) is 6.20 Å². The first kappa shape index (κ1) is 15.3. The molecule has 0 unspecified atom stereocenters. The van der Waals surface area contributed by atoms with E-state index in [9.17, 15) is 4.79 Å². The number of carbonyl (C=O) groups is 1. The van der Waals surface area contributed by atoms with Gasteiger partial charge in [-0.3, -0.25) is 4.79 Å². The van der Waals surface area contributed by atoms with Crippen molar-refractivity contribution >= 4 is 23.2 Å². The fraction of sp³-hybridized carbons (Fsp3) is 0.111. The summed E-state index contributed by atoms with van der Waals surface area (Å²) in [5.41, 5.74) is 2.72. The van der Waals surface area contributed by atoms with Crippen molar-refractivity contribution in [2.45, 2.75) is 12.8 Å². The summed E-state index contributed by atoms with van der Waals surface area (Å²) in [7, 11) is 0. The Morgan fingerprint density at radius 3 is 2.70 bits per heavy atom. The van der Waals surface area contributed by atoms with E-state index in [0.717, 1.165) is 16.8 Å². The van der Waals surface area contributed by atoms with E-state index < -0.39 is 0 Å². The van der Waals surface area contributed by atoms with Crippen molar-refractivity contribution in [3.63, 3.8) is 0 Å². The van der Waals surface area contributed by atoms with Crippen molar-refractivity contribution < 1.29 is 9.21 Å². The van der Waals surface area contributed by atoms with Crippen LogP contribution in [0, 0.1) is 0 Å². The zero-order valence-electron chi connectivity index (χ0n) is 12.3. The quantitative estimate of drug-likeness (QED) is 0.747. The minimum Gasteiger partial charge on any atom is -0.444 e. The molecule has 0 saturated carbocycles. The summed E-state index contributed by atoms with van der Waals surface area (Å²) in [6, 6.07) is 15.0. The lowest BCUT2D eigenvalue weighted by Gasteiger charge is -2.06. The third-order valence-electron chi connectivity index (χ3n) is 3.42. The zero-order valence-corrected chi connectivity index (χ0v) is 13.1. The SMILES string of the molecule is O=C(CCc1cccc(Cl)c1)Nc1ccc(-c2cnco2)cc1. The number of benzene rings is 2. The maximum absolute atomic E-state index is 12.0. The van der Waals surface area contributed by atoms with Gasteiger partial charge in [0.2, 0.25) is 5.91 Å². The molecule has 1 heterocycles. The molecular formula is C18H15ClN2O2. The molecule has 3 aromatic rings. The van der Waals surface area contributed by atoms with Crippen molar-refractivity contribution in [1.82, 2.24) is 4.98 Å². The van der Waals surface area contributed by atoms with Gasteiger partial charge in [-0.15, -0.1) is 0 Å². The zero-order chi connectivity index (χ0) is 16.1. The van der Waals surface area contributed by atoms with Crippen molar-refractivity contribution in [3.8, 4) is 11.3 Å². The Balaban J connectivity index is 1.55. The maximum atomic E-state index is 12.0. The van der Waals surface area contributed by atoms with Crippen LogP contribution in [0.5, 0.6) is 0 Å². The van der Waals surface area contributed by atoms with E-state index in [2.05, 4.69) is 10.3 Å². The Hall–Kier alpha value is -2.59. The molecule has 0 aliphatic heterocycles. The van der Waals surface area contributed by atoms with E-state index >= 15 is 0 Å². The Kier molecular flexibility index (Phi) is 4.74. The summed E-state index contributed by atoms with van der Waals surface area (Å²) in [6.07, 6.45) is 4.10. The van der Waals surface area contributed by atoms with Gasteiger partial charge in [-0.1, -0.05) is 23.7 Å². The molecule has 1 N–H and O–H groups in total. The molecule has 3 rings (SSSR count). The number of aryl methyl sites for hydroxylation is 1. The molecule has 0 spiro atoms. The number of amides is 1. The summed E-state index contributed by atoms with van der Waals surface area (Å²) in [5.74, 6) is 0.668. The number of hydrogen-bond acceptors (Lipinski definition) is 3. The highest BCUT2D eigenvalue weighted by molar-refractivity contribution is 6.30. The average molecular weight is 327 g/mol. The van der Waals surface area contributed by atoms with Crippen LogP contribution in [0.3, 0.4) is 0 Å². The van der Waals surface area contributed by atoms with Crippen LogP contribution in [-0.4, -0.2) is 10.9 Å². The van der Waals surface area contributed by atoms with Crippen molar-refractivity contribution in [2.24, 2.45) is 0 Å². The number of nitrogens with zero attached hydrogens (tertiary/aromatic N) is 1. The highest BCUT2D eigenvalue weighted by Crippen LogP contribution is 2.21. The number of hydrogen-bond donors (Lipinski definition) is 1. The van der Waals surface area contributed by atoms with Gasteiger partial charge in [0.25, 0.3) is 0 Å². The van der Waals surface area contributed by atoms with Crippen molar-refractivity contribution in [2.75, 3.05) is 5.32 Å². The van der Waals surface area contributed by atoms with Gasteiger partial charge in [-0.25, -0.2) is 4.98 Å². The Bertz CT molecular complexity index is 783. The number of oxazole rings is 1. The number of rotatable bonds is 5. The minimum absolute atomic E-state index is 0.0302. The molecule has 1 amide bonds. The van der Waals surface area contributed by atoms with Crippen LogP contribution in [-0.2, 0) is 11.2 Å².